The monoisotopic (exact) mass is 476 g/mol. The van der Waals surface area contributed by atoms with Crippen LogP contribution in [0.4, 0.5) is 0 Å². The van der Waals surface area contributed by atoms with E-state index in [0.29, 0.717) is 18.6 Å². The molecule has 7 heteroatoms. The van der Waals surface area contributed by atoms with Gasteiger partial charge in [-0.15, -0.1) is 0 Å². The summed E-state index contributed by atoms with van der Waals surface area (Å²) < 4.78 is 11.7. The first-order chi connectivity index (χ1) is 16.9. The molecule has 3 aliphatic carbocycles. The number of hydrogen-bond donors (Lipinski definition) is 2. The van der Waals surface area contributed by atoms with E-state index in [9.17, 15) is 15.0 Å². The van der Waals surface area contributed by atoms with Gasteiger partial charge in [-0.3, -0.25) is 9.69 Å². The number of furan rings is 1. The highest BCUT2D eigenvalue weighted by Crippen LogP contribution is 2.66. The van der Waals surface area contributed by atoms with Gasteiger partial charge in [0.15, 0.2) is 11.5 Å². The number of likely N-dealkylation sites (tertiary alicyclic amines) is 1. The van der Waals surface area contributed by atoms with Gasteiger partial charge >= 0.3 is 0 Å². The number of nitrogens with zero attached hydrogens (tertiary/aromatic N) is 2. The Labute approximate surface area is 205 Å². The second-order valence-electron chi connectivity index (χ2n) is 11.2. The molecule has 5 aliphatic rings. The van der Waals surface area contributed by atoms with E-state index in [1.807, 2.05) is 19.2 Å². The van der Waals surface area contributed by atoms with Crippen LogP contribution in [0.3, 0.4) is 0 Å². The number of phenols is 1. The lowest BCUT2D eigenvalue weighted by Gasteiger charge is -2.64. The Hall–Kier alpha value is -2.77. The average molecular weight is 477 g/mol. The minimum absolute atomic E-state index is 0.0360. The molecule has 0 unspecified atom stereocenters. The number of amides is 1. The average Bonchev–Trinajstić information content (AvgIpc) is 3.36. The van der Waals surface area contributed by atoms with Crippen molar-refractivity contribution in [2.75, 3.05) is 20.1 Å². The van der Waals surface area contributed by atoms with Crippen LogP contribution in [-0.4, -0.2) is 69.8 Å². The van der Waals surface area contributed by atoms with Crippen molar-refractivity contribution in [3.8, 4) is 11.5 Å². The minimum atomic E-state index is -0.941. The van der Waals surface area contributed by atoms with E-state index in [1.54, 1.807) is 35.6 Å². The molecule has 3 fully saturated rings. The third kappa shape index (κ3) is 2.88. The summed E-state index contributed by atoms with van der Waals surface area (Å²) in [5.41, 5.74) is 1.44. The van der Waals surface area contributed by atoms with Crippen molar-refractivity contribution >= 4 is 12.0 Å². The van der Waals surface area contributed by atoms with E-state index >= 15 is 0 Å². The van der Waals surface area contributed by atoms with E-state index in [2.05, 4.69) is 4.90 Å². The van der Waals surface area contributed by atoms with Gasteiger partial charge < -0.3 is 24.3 Å². The highest BCUT2D eigenvalue weighted by Gasteiger charge is 2.73. The summed E-state index contributed by atoms with van der Waals surface area (Å²) in [5, 5.41) is 23.3. The number of aliphatic hydroxyl groups is 1. The van der Waals surface area contributed by atoms with Crippen LogP contribution in [0.5, 0.6) is 11.5 Å². The molecule has 2 aliphatic heterocycles. The number of ether oxygens (including phenoxy) is 1. The number of piperidine rings is 1. The Morgan fingerprint density at radius 2 is 2.11 bits per heavy atom. The molecule has 1 amide bonds. The Balaban J connectivity index is 1.28. The fourth-order valence-electron chi connectivity index (χ4n) is 7.67. The van der Waals surface area contributed by atoms with Crippen LogP contribution in [-0.2, 0) is 16.6 Å². The Morgan fingerprint density at radius 3 is 2.89 bits per heavy atom. The van der Waals surface area contributed by atoms with E-state index in [4.69, 9.17) is 9.15 Å². The molecular weight excluding hydrogens is 444 g/mol. The SMILES string of the molecule is CN(C(=O)/C=C/c1ccoc1)[C@@H]1CC[C@@]2(O)[C@@H]3Cc4ccc(O)c5c4[C@@]2(CCN3CC2CC2)[C@H]1O5. The highest BCUT2D eigenvalue weighted by molar-refractivity contribution is 5.91. The molecule has 1 aromatic heterocycles. The molecule has 3 heterocycles. The molecule has 0 radical (unpaired) electrons. The number of aromatic hydroxyl groups is 1. The molecule has 1 spiro atoms. The summed E-state index contributed by atoms with van der Waals surface area (Å²) in [6, 6.07) is 5.38. The summed E-state index contributed by atoms with van der Waals surface area (Å²) in [7, 11) is 1.82. The van der Waals surface area contributed by atoms with Crippen molar-refractivity contribution in [1.82, 2.24) is 9.80 Å². The molecule has 1 saturated heterocycles. The second kappa shape index (κ2) is 7.37. The molecule has 5 atom stereocenters. The number of carbonyl (C=O) groups excluding carboxylic acids is 1. The molecule has 35 heavy (non-hydrogen) atoms. The summed E-state index contributed by atoms with van der Waals surface area (Å²) in [6.45, 7) is 1.96. The van der Waals surface area contributed by atoms with Gasteiger partial charge in [0.2, 0.25) is 5.91 Å². The predicted octanol–water partition coefficient (Wildman–Crippen LogP) is 3.09. The van der Waals surface area contributed by atoms with E-state index in [-0.39, 0.29) is 23.7 Å². The van der Waals surface area contributed by atoms with Crippen LogP contribution in [0.25, 0.3) is 6.08 Å². The van der Waals surface area contributed by atoms with Crippen molar-refractivity contribution in [2.45, 2.75) is 67.7 Å². The minimum Gasteiger partial charge on any atom is -0.504 e. The van der Waals surface area contributed by atoms with Crippen molar-refractivity contribution in [2.24, 2.45) is 5.92 Å². The summed E-state index contributed by atoms with van der Waals surface area (Å²) >= 11 is 0. The Kier molecular flexibility index (Phi) is 4.53. The first-order valence-corrected chi connectivity index (χ1v) is 12.9. The van der Waals surface area contributed by atoms with Gasteiger partial charge in [0.05, 0.1) is 29.6 Å². The fraction of sp³-hybridized carbons (Fsp3) is 0.536. The van der Waals surface area contributed by atoms with E-state index in [0.717, 1.165) is 43.0 Å². The van der Waals surface area contributed by atoms with Gasteiger partial charge in [-0.25, -0.2) is 0 Å². The van der Waals surface area contributed by atoms with Gasteiger partial charge in [0.25, 0.3) is 0 Å². The van der Waals surface area contributed by atoms with Crippen LogP contribution in [0, 0.1) is 5.92 Å². The number of carbonyl (C=O) groups is 1. The zero-order valence-corrected chi connectivity index (χ0v) is 20.0. The van der Waals surface area contributed by atoms with E-state index in [1.165, 1.54) is 18.4 Å². The predicted molar refractivity (Wildman–Crippen MR) is 129 cm³/mol. The molecule has 184 valence electrons. The molecule has 2 N–H and O–H groups in total. The topological polar surface area (TPSA) is 86.4 Å². The normalized spacial score (nSPS) is 35.1. The molecule has 7 rings (SSSR count). The van der Waals surface area contributed by atoms with Gasteiger partial charge in [0, 0.05) is 36.8 Å². The van der Waals surface area contributed by atoms with E-state index < -0.39 is 17.1 Å². The van der Waals surface area contributed by atoms with Crippen molar-refractivity contribution < 1.29 is 24.2 Å². The highest BCUT2D eigenvalue weighted by atomic mass is 16.5. The zero-order valence-electron chi connectivity index (χ0n) is 20.0. The second-order valence-corrected chi connectivity index (χ2v) is 11.2. The maximum Gasteiger partial charge on any atom is 0.246 e. The lowest BCUT2D eigenvalue weighted by atomic mass is 9.48. The fourth-order valence-corrected chi connectivity index (χ4v) is 7.67. The maximum atomic E-state index is 13.2. The summed E-state index contributed by atoms with van der Waals surface area (Å²) in [5.74, 6) is 1.28. The maximum absolute atomic E-state index is 13.2. The van der Waals surface area contributed by atoms with Crippen LogP contribution in [0.2, 0.25) is 0 Å². The number of benzene rings is 1. The Morgan fingerprint density at radius 1 is 1.26 bits per heavy atom. The smallest absolute Gasteiger partial charge is 0.246 e. The van der Waals surface area contributed by atoms with Crippen LogP contribution >= 0.6 is 0 Å². The Bertz CT molecular complexity index is 1200. The van der Waals surface area contributed by atoms with Crippen molar-refractivity contribution in [1.29, 1.82) is 0 Å². The molecule has 2 bridgehead atoms. The molecule has 2 aromatic rings. The number of hydrogen-bond acceptors (Lipinski definition) is 6. The van der Waals surface area contributed by atoms with Gasteiger partial charge in [-0.05, 0) is 74.8 Å². The molecule has 1 aromatic carbocycles. The van der Waals surface area contributed by atoms with Crippen LogP contribution < -0.4 is 4.74 Å². The van der Waals surface area contributed by atoms with Gasteiger partial charge in [0.1, 0.15) is 6.10 Å². The summed E-state index contributed by atoms with van der Waals surface area (Å²) in [6.07, 6.45) is 11.5. The van der Waals surface area contributed by atoms with Crippen LogP contribution in [0.15, 0.2) is 41.2 Å². The lowest BCUT2D eigenvalue weighted by Crippen LogP contribution is -2.78. The third-order valence-corrected chi connectivity index (χ3v) is 9.54. The quantitative estimate of drug-likeness (QED) is 0.645. The van der Waals surface area contributed by atoms with Gasteiger partial charge in [-0.2, -0.15) is 0 Å². The number of phenolic OH excluding ortho intramolecular Hbond substituents is 1. The third-order valence-electron chi connectivity index (χ3n) is 9.54. The number of rotatable bonds is 5. The number of likely N-dealkylation sites (N-methyl/N-ethyl adjacent to an activating group) is 1. The molecule has 7 nitrogen and oxygen atoms in total. The standard InChI is InChI=1S/C28H32N2O5/c1-29(23(32)7-4-18-9-13-34-16-18)20-8-10-28(33)22-14-19-5-6-21(31)25-24(19)27(28,26(20)35-25)11-12-30(22)15-17-2-3-17/h4-7,9,13,16-17,20,22,26,31,33H,2-3,8,10-12,14-15H2,1H3/b7-4+/t20-,22+,26+,27+,28-/m1/s1. The zero-order chi connectivity index (χ0) is 23.9. The lowest BCUT2D eigenvalue weighted by molar-refractivity contribution is -0.200. The van der Waals surface area contributed by atoms with Gasteiger partial charge in [-0.1, -0.05) is 6.07 Å². The molecular formula is C28H32N2O5. The van der Waals surface area contributed by atoms with Crippen LogP contribution in [0.1, 0.15) is 48.8 Å². The van der Waals surface area contributed by atoms with Crippen molar-refractivity contribution in [3.05, 3.63) is 53.5 Å². The van der Waals surface area contributed by atoms with Crippen molar-refractivity contribution in [3.63, 3.8) is 0 Å². The largest absolute Gasteiger partial charge is 0.504 e. The first kappa shape index (κ1) is 21.5. The first-order valence-electron chi connectivity index (χ1n) is 12.9. The summed E-state index contributed by atoms with van der Waals surface area (Å²) in [4.78, 5) is 17.5. The molecule has 2 saturated carbocycles.